The Morgan fingerprint density at radius 2 is 1.52 bits per heavy atom. The highest BCUT2D eigenvalue weighted by Gasteiger charge is 2.34. The van der Waals surface area contributed by atoms with Crippen molar-refractivity contribution < 1.29 is 26.7 Å². The fraction of sp³-hybridized carbons (Fsp3) is 0.227. The first-order chi connectivity index (χ1) is 14.9. The molecule has 3 aromatic rings. The molecule has 0 unspecified atom stereocenters. The monoisotopic (exact) mass is 446 g/mol. The van der Waals surface area contributed by atoms with Crippen LogP contribution in [0.25, 0.3) is 10.8 Å². The van der Waals surface area contributed by atoms with Gasteiger partial charge in [0.15, 0.2) is 11.5 Å². The molecule has 1 saturated heterocycles. The number of piperazine rings is 1. The fourth-order valence-corrected chi connectivity index (χ4v) is 5.06. The maximum atomic E-state index is 13.9. The molecular weight excluding hydrogens is 426 g/mol. The van der Waals surface area contributed by atoms with Crippen LogP contribution in [0.3, 0.4) is 0 Å². The van der Waals surface area contributed by atoms with E-state index in [1.807, 2.05) is 36.4 Å². The van der Waals surface area contributed by atoms with Gasteiger partial charge in [-0.2, -0.15) is 4.31 Å². The van der Waals surface area contributed by atoms with E-state index in [0.29, 0.717) is 5.75 Å². The molecule has 0 radical (unpaired) electrons. The largest absolute Gasteiger partial charge is 0.484 e. The van der Waals surface area contributed by atoms with Gasteiger partial charge in [-0.3, -0.25) is 4.79 Å². The quantitative estimate of drug-likeness (QED) is 0.604. The lowest BCUT2D eigenvalue weighted by molar-refractivity contribution is -0.134. The molecule has 1 heterocycles. The minimum Gasteiger partial charge on any atom is -0.484 e. The summed E-state index contributed by atoms with van der Waals surface area (Å²) in [4.78, 5) is 13.0. The number of amides is 1. The van der Waals surface area contributed by atoms with Crippen molar-refractivity contribution in [2.75, 3.05) is 32.8 Å². The zero-order valence-electron chi connectivity index (χ0n) is 16.5. The summed E-state index contributed by atoms with van der Waals surface area (Å²) in [5.41, 5.74) is 0. The Hall–Kier alpha value is -3.04. The predicted molar refractivity (Wildman–Crippen MR) is 111 cm³/mol. The van der Waals surface area contributed by atoms with E-state index in [9.17, 15) is 22.0 Å². The molecular formula is C22H20F2N2O4S. The molecule has 1 fully saturated rings. The Kier molecular flexibility index (Phi) is 5.88. The summed E-state index contributed by atoms with van der Waals surface area (Å²) < 4.78 is 59.7. The van der Waals surface area contributed by atoms with Gasteiger partial charge in [0.25, 0.3) is 5.91 Å². The van der Waals surface area contributed by atoms with Crippen molar-refractivity contribution >= 4 is 26.7 Å². The van der Waals surface area contributed by atoms with Crippen molar-refractivity contribution in [3.05, 3.63) is 72.3 Å². The Labute approximate surface area is 178 Å². The molecule has 31 heavy (non-hydrogen) atoms. The summed E-state index contributed by atoms with van der Waals surface area (Å²) in [6.45, 7) is -0.0902. The Balaban J connectivity index is 1.36. The molecule has 0 atom stereocenters. The Bertz CT molecular complexity index is 1200. The van der Waals surface area contributed by atoms with Gasteiger partial charge >= 0.3 is 0 Å². The molecule has 162 valence electrons. The molecule has 0 aliphatic carbocycles. The summed E-state index contributed by atoms with van der Waals surface area (Å²) in [5.74, 6) is -2.00. The average Bonchev–Trinajstić information content (AvgIpc) is 2.77. The second kappa shape index (κ2) is 8.60. The number of fused-ring (bicyclic) bond motifs is 1. The second-order valence-electron chi connectivity index (χ2n) is 7.13. The predicted octanol–water partition coefficient (Wildman–Crippen LogP) is 3.03. The van der Waals surface area contributed by atoms with Gasteiger partial charge in [0.05, 0.1) is 0 Å². The number of carbonyl (C=O) groups is 1. The van der Waals surface area contributed by atoms with Crippen LogP contribution >= 0.6 is 0 Å². The minimum atomic E-state index is -4.33. The van der Waals surface area contributed by atoms with Crippen LogP contribution in [0.1, 0.15) is 0 Å². The topological polar surface area (TPSA) is 66.9 Å². The molecule has 0 saturated carbocycles. The van der Waals surface area contributed by atoms with Crippen molar-refractivity contribution in [3.8, 4) is 5.75 Å². The molecule has 3 aromatic carbocycles. The summed E-state index contributed by atoms with van der Waals surface area (Å²) in [6, 6.07) is 16.2. The lowest BCUT2D eigenvalue weighted by atomic mass is 10.1. The van der Waals surface area contributed by atoms with Crippen molar-refractivity contribution in [2.45, 2.75) is 4.90 Å². The molecule has 0 aromatic heterocycles. The highest BCUT2D eigenvalue weighted by molar-refractivity contribution is 7.89. The Morgan fingerprint density at radius 3 is 2.19 bits per heavy atom. The number of hydrogen-bond acceptors (Lipinski definition) is 4. The molecule has 0 N–H and O–H groups in total. The van der Waals surface area contributed by atoms with Crippen LogP contribution in [0.4, 0.5) is 8.78 Å². The van der Waals surface area contributed by atoms with Crippen LogP contribution in [0.5, 0.6) is 5.75 Å². The second-order valence-corrected chi connectivity index (χ2v) is 9.01. The van der Waals surface area contributed by atoms with Crippen LogP contribution in [-0.2, 0) is 14.8 Å². The number of ether oxygens (including phenoxy) is 1. The smallest absolute Gasteiger partial charge is 0.260 e. The van der Waals surface area contributed by atoms with Gasteiger partial charge in [0.2, 0.25) is 10.0 Å². The van der Waals surface area contributed by atoms with E-state index in [0.717, 1.165) is 33.3 Å². The number of benzene rings is 3. The summed E-state index contributed by atoms with van der Waals surface area (Å²) in [7, 11) is -4.33. The number of rotatable bonds is 5. The number of hydrogen-bond donors (Lipinski definition) is 0. The van der Waals surface area contributed by atoms with E-state index in [1.165, 1.54) is 4.90 Å². The van der Waals surface area contributed by atoms with E-state index in [1.54, 1.807) is 6.07 Å². The van der Waals surface area contributed by atoms with Crippen molar-refractivity contribution in [1.82, 2.24) is 9.21 Å². The van der Waals surface area contributed by atoms with Crippen LogP contribution in [0, 0.1) is 11.6 Å². The first kappa shape index (κ1) is 21.2. The number of halogens is 2. The van der Waals surface area contributed by atoms with E-state index in [-0.39, 0.29) is 38.7 Å². The molecule has 0 spiro atoms. The third kappa shape index (κ3) is 4.38. The van der Waals surface area contributed by atoms with Crippen LogP contribution < -0.4 is 4.74 Å². The minimum absolute atomic E-state index is 0.0577. The molecule has 1 aliphatic heterocycles. The molecule has 1 amide bonds. The highest BCUT2D eigenvalue weighted by Crippen LogP contribution is 2.24. The van der Waals surface area contributed by atoms with Gasteiger partial charge < -0.3 is 9.64 Å². The molecule has 4 rings (SSSR count). The maximum absolute atomic E-state index is 13.9. The zero-order chi connectivity index (χ0) is 22.0. The molecule has 1 aliphatic rings. The van der Waals surface area contributed by atoms with Gasteiger partial charge in [0, 0.05) is 26.2 Å². The van der Waals surface area contributed by atoms with Gasteiger partial charge in [-0.25, -0.2) is 17.2 Å². The third-order valence-electron chi connectivity index (χ3n) is 5.19. The van der Waals surface area contributed by atoms with Gasteiger partial charge in [-0.15, -0.1) is 0 Å². The zero-order valence-corrected chi connectivity index (χ0v) is 17.3. The Morgan fingerprint density at radius 1 is 0.871 bits per heavy atom. The lowest BCUT2D eigenvalue weighted by Gasteiger charge is -2.34. The average molecular weight is 446 g/mol. The molecule has 0 bridgehead atoms. The highest BCUT2D eigenvalue weighted by atomic mass is 32.2. The van der Waals surface area contributed by atoms with Crippen LogP contribution in [0.2, 0.25) is 0 Å². The van der Waals surface area contributed by atoms with Crippen molar-refractivity contribution in [1.29, 1.82) is 0 Å². The van der Waals surface area contributed by atoms with E-state index in [4.69, 9.17) is 4.74 Å². The normalized spacial score (nSPS) is 15.2. The lowest BCUT2D eigenvalue weighted by Crippen LogP contribution is -2.51. The number of nitrogens with zero attached hydrogens (tertiary/aromatic N) is 2. The SMILES string of the molecule is O=C(COc1ccc2ccccc2c1)N1CCN(S(=O)(=O)c2c(F)cccc2F)CC1. The molecule has 9 heteroatoms. The van der Waals surface area contributed by atoms with Crippen molar-refractivity contribution in [3.63, 3.8) is 0 Å². The standard InChI is InChI=1S/C22H20F2N2O4S/c23-19-6-3-7-20(24)22(19)31(28,29)26-12-10-25(11-13-26)21(27)15-30-18-9-8-16-4-1-2-5-17(16)14-18/h1-9,14H,10-13,15H2. The van der Waals surface area contributed by atoms with E-state index >= 15 is 0 Å². The van der Waals surface area contributed by atoms with Crippen LogP contribution in [0.15, 0.2) is 65.6 Å². The first-order valence-corrected chi connectivity index (χ1v) is 11.1. The number of carbonyl (C=O) groups excluding carboxylic acids is 1. The van der Waals surface area contributed by atoms with Gasteiger partial charge in [-0.05, 0) is 35.0 Å². The van der Waals surface area contributed by atoms with Crippen molar-refractivity contribution in [2.24, 2.45) is 0 Å². The number of sulfonamides is 1. The fourth-order valence-electron chi connectivity index (χ4n) is 3.53. The first-order valence-electron chi connectivity index (χ1n) is 9.70. The van der Waals surface area contributed by atoms with E-state index in [2.05, 4.69) is 0 Å². The van der Waals surface area contributed by atoms with Gasteiger partial charge in [-0.1, -0.05) is 36.4 Å². The van der Waals surface area contributed by atoms with E-state index < -0.39 is 26.6 Å². The summed E-state index contributed by atoms with van der Waals surface area (Å²) in [6.07, 6.45) is 0. The van der Waals surface area contributed by atoms with Crippen LogP contribution in [-0.4, -0.2) is 56.3 Å². The summed E-state index contributed by atoms with van der Waals surface area (Å²) >= 11 is 0. The molecule has 6 nitrogen and oxygen atoms in total. The van der Waals surface area contributed by atoms with Gasteiger partial charge in [0.1, 0.15) is 17.4 Å². The maximum Gasteiger partial charge on any atom is 0.260 e. The third-order valence-corrected chi connectivity index (χ3v) is 7.14. The summed E-state index contributed by atoms with van der Waals surface area (Å²) in [5, 5.41) is 2.05.